The topological polar surface area (TPSA) is 27.6 Å². The number of hydrogen-bond acceptors (Lipinski definition) is 4. The van der Waals surface area contributed by atoms with Gasteiger partial charge in [-0.15, -0.1) is 0 Å². The summed E-state index contributed by atoms with van der Waals surface area (Å²) in [7, 11) is 19.1. The number of halogens is 2. The van der Waals surface area contributed by atoms with Gasteiger partial charge in [0, 0.05) is 24.5 Å². The van der Waals surface area contributed by atoms with Gasteiger partial charge in [-0.05, 0) is 63.8 Å². The first-order valence-corrected chi connectivity index (χ1v) is 19.4. The molecule has 1 aliphatic heterocycles. The summed E-state index contributed by atoms with van der Waals surface area (Å²) < 4.78 is 15.2. The van der Waals surface area contributed by atoms with Crippen molar-refractivity contribution in [3.8, 4) is 17.2 Å². The second kappa shape index (κ2) is 15.0. The molecule has 4 rings (SSSR count). The van der Waals surface area contributed by atoms with Crippen LogP contribution in [0.1, 0.15) is 52.8 Å². The van der Waals surface area contributed by atoms with Crippen LogP contribution in [0.3, 0.4) is 0 Å². The van der Waals surface area contributed by atoms with E-state index >= 15 is 0 Å². The fourth-order valence-electron chi connectivity index (χ4n) is 5.61. The van der Waals surface area contributed by atoms with E-state index in [2.05, 4.69) is 93.8 Å². The fourth-order valence-corrected chi connectivity index (χ4v) is 7.39. The average molecular weight is 702 g/mol. The van der Waals surface area contributed by atoms with Crippen LogP contribution in [0.15, 0.2) is 36.4 Å². The number of ether oxygens (including phenoxy) is 2. The van der Waals surface area contributed by atoms with Crippen LogP contribution < -0.4 is 19.3 Å². The van der Waals surface area contributed by atoms with Crippen molar-refractivity contribution >= 4 is 35.4 Å². The predicted molar refractivity (Wildman–Crippen MR) is 178 cm³/mol. The van der Waals surface area contributed by atoms with Crippen LogP contribution in [0.5, 0.6) is 17.2 Å². The molecule has 0 aliphatic carbocycles. The molecule has 0 saturated carbocycles. The van der Waals surface area contributed by atoms with Crippen molar-refractivity contribution in [2.75, 3.05) is 37.1 Å². The first-order chi connectivity index (χ1) is 19.8. The quantitative estimate of drug-likeness (QED) is 0.140. The summed E-state index contributed by atoms with van der Waals surface area (Å²) in [6.45, 7) is 21.6. The molecule has 0 amide bonds. The maximum atomic E-state index is 5.97. The number of aryl methyl sites for hydroxylation is 6. The Balaban J connectivity index is 0.000000236. The maximum absolute atomic E-state index is 5.97. The van der Waals surface area contributed by atoms with Crippen LogP contribution in [-0.2, 0) is 17.9 Å². The minimum absolute atomic E-state index is 0.163. The molecule has 0 radical (unpaired) electrons. The fraction of sp³-hybridized carbons (Fsp3) is 0.382. The van der Waals surface area contributed by atoms with E-state index in [0.29, 0.717) is 11.5 Å². The predicted octanol–water partition coefficient (Wildman–Crippen LogP) is 9.23. The summed E-state index contributed by atoms with van der Waals surface area (Å²) in [5.74, 6) is 2.12. The van der Waals surface area contributed by atoms with E-state index < -0.39 is 13.5 Å². The summed E-state index contributed by atoms with van der Waals surface area (Å²) in [5, 5.41) is 0. The van der Waals surface area contributed by atoms with Crippen LogP contribution >= 0.6 is 19.4 Å². The van der Waals surface area contributed by atoms with E-state index in [0.717, 1.165) is 24.4 Å². The Kier molecular flexibility index (Phi) is 12.2. The van der Waals surface area contributed by atoms with Crippen LogP contribution in [0, 0.1) is 55.3 Å². The summed E-state index contributed by atoms with van der Waals surface area (Å²) in [6.07, 6.45) is 0.163. The third kappa shape index (κ3) is 8.21. The van der Waals surface area contributed by atoms with Gasteiger partial charge in [0.15, 0.2) is 0 Å². The Labute approximate surface area is 266 Å². The van der Waals surface area contributed by atoms with Gasteiger partial charge < -0.3 is 9.80 Å². The number of anilines is 2. The average Bonchev–Trinajstić information content (AvgIpc) is 3.35. The Morgan fingerprint density at radius 3 is 1.55 bits per heavy atom. The Bertz CT molecular complexity index is 1330. The summed E-state index contributed by atoms with van der Waals surface area (Å²) >= 11 is -1.94. The van der Waals surface area contributed by atoms with Crippen molar-refractivity contribution in [2.24, 2.45) is 0 Å². The molecule has 1 heterocycles. The molecule has 8 heteroatoms. The van der Waals surface area contributed by atoms with Crippen molar-refractivity contribution < 1.29 is 27.4 Å². The second-order valence-electron chi connectivity index (χ2n) is 11.0. The van der Waals surface area contributed by atoms with Crippen molar-refractivity contribution in [1.29, 1.82) is 0 Å². The van der Waals surface area contributed by atoms with Gasteiger partial charge in [-0.2, -0.15) is 6.67 Å². The number of hydrogen-bond donors (Lipinski definition) is 0. The van der Waals surface area contributed by atoms with E-state index in [1.165, 1.54) is 44.8 Å². The van der Waals surface area contributed by atoms with Crippen molar-refractivity contribution in [1.82, 2.24) is 0 Å². The van der Waals surface area contributed by atoms with Crippen LogP contribution in [-0.4, -0.2) is 38.0 Å². The molecule has 1 fully saturated rings. The minimum atomic E-state index is -1.94. The van der Waals surface area contributed by atoms with Gasteiger partial charge in [-0.25, -0.2) is 0 Å². The monoisotopic (exact) mass is 701 g/mol. The molecule has 5 nitrogen and oxygen atoms in total. The third-order valence-electron chi connectivity index (χ3n) is 7.26. The van der Waals surface area contributed by atoms with Crippen molar-refractivity contribution in [3.05, 3.63) is 89.1 Å². The Morgan fingerprint density at radius 2 is 1.19 bits per heavy atom. The molecule has 1 saturated heterocycles. The molecular formula is C34H45Cl2N2O3Ru-. The molecule has 0 unspecified atom stereocenters. The van der Waals surface area contributed by atoms with Crippen molar-refractivity contribution in [2.45, 2.75) is 61.5 Å². The molecule has 3 aromatic carbocycles. The van der Waals surface area contributed by atoms with Gasteiger partial charge in [0.2, 0.25) is 0 Å². The number of rotatable bonds is 7. The van der Waals surface area contributed by atoms with E-state index in [1.807, 2.05) is 30.6 Å². The van der Waals surface area contributed by atoms with E-state index in [9.17, 15) is 0 Å². The number of nitrogens with zero attached hydrogens (tertiary/aromatic N) is 2. The molecule has 232 valence electrons. The van der Waals surface area contributed by atoms with E-state index in [1.54, 1.807) is 14.2 Å². The Morgan fingerprint density at radius 1 is 0.786 bits per heavy atom. The summed E-state index contributed by atoms with van der Waals surface area (Å²) in [4.78, 5) is 4.81. The van der Waals surface area contributed by atoms with Crippen LogP contribution in [0.2, 0.25) is 0 Å². The van der Waals surface area contributed by atoms with Gasteiger partial charge in [0.05, 0.1) is 0 Å². The molecule has 42 heavy (non-hydrogen) atoms. The molecule has 0 N–H and O–H groups in total. The third-order valence-corrected chi connectivity index (χ3v) is 9.09. The summed E-state index contributed by atoms with van der Waals surface area (Å²) in [5.41, 5.74) is 11.7. The normalized spacial score (nSPS) is 13.1. The zero-order valence-electron chi connectivity index (χ0n) is 26.5. The molecule has 3 aromatic rings. The second-order valence-corrected chi connectivity index (χ2v) is 16.8. The summed E-state index contributed by atoms with van der Waals surface area (Å²) in [6, 6.07) is 12.8. The van der Waals surface area contributed by atoms with Gasteiger partial charge in [-0.3, -0.25) is 0 Å². The number of benzene rings is 3. The molecular weight excluding hydrogens is 656 g/mol. The zero-order valence-corrected chi connectivity index (χ0v) is 29.8. The van der Waals surface area contributed by atoms with Gasteiger partial charge in [0.25, 0.3) is 0 Å². The molecule has 1 aliphatic rings. The van der Waals surface area contributed by atoms with Crippen LogP contribution in [0.25, 0.3) is 0 Å². The van der Waals surface area contributed by atoms with Gasteiger partial charge >= 0.3 is 128 Å². The number of methoxy groups -OCH3 is 2. The van der Waals surface area contributed by atoms with E-state index in [-0.39, 0.29) is 6.10 Å². The van der Waals surface area contributed by atoms with Crippen LogP contribution in [0.4, 0.5) is 11.4 Å². The van der Waals surface area contributed by atoms with Gasteiger partial charge in [0.1, 0.15) is 0 Å². The zero-order chi connectivity index (χ0) is 31.3. The molecule has 0 bridgehead atoms. The molecule has 0 atom stereocenters. The van der Waals surface area contributed by atoms with Gasteiger partial charge in [-0.1, -0.05) is 35.4 Å². The van der Waals surface area contributed by atoms with E-state index in [4.69, 9.17) is 28.9 Å². The molecule has 0 aromatic heterocycles. The van der Waals surface area contributed by atoms with Crippen molar-refractivity contribution in [3.63, 3.8) is 0 Å². The first-order valence-electron chi connectivity index (χ1n) is 13.9. The Hall–Kier alpha value is -2.27. The SMILES string of the molecule is Cc1cc(C)c(N2[CH-]N(c3c(C)cc(C)cc3C)CC2)c(C)c1.[CH2-][O+](c1cc(OC)c(OC)cc1[CH]=[Ru]([Cl])[Cl])C(C)C. The first kappa shape index (κ1) is 34.2. The standard InChI is InChI=1S/C21H27N2.C13H18O3.2ClH.Ru/c1-14-9-16(3)20(17(4)10-14)22-7-8-23(13-22)21-18(5)11-15(2)12-19(21)6;1-9(2)16(6)13-8-12(15-5)11(14-4)7-10(13)3;;;/h9-13H,7-8H2,1-6H3;3,7-9H,6H2,1-2,4-5H3;2*1H;/q-1;;;;+2/p-2. The molecule has 0 spiro atoms.